The Bertz CT molecular complexity index is 354. The van der Waals surface area contributed by atoms with Gasteiger partial charge in [-0.3, -0.25) is 4.68 Å². The van der Waals surface area contributed by atoms with E-state index in [9.17, 15) is 5.11 Å². The number of aliphatic hydroxyl groups excluding tert-OH is 1. The lowest BCUT2D eigenvalue weighted by Gasteiger charge is -2.26. The summed E-state index contributed by atoms with van der Waals surface area (Å²) in [7, 11) is 0. The van der Waals surface area contributed by atoms with Gasteiger partial charge in [0, 0.05) is 5.56 Å². The number of nitrogens with zero attached hydrogens (tertiary/aromatic N) is 2. The van der Waals surface area contributed by atoms with Gasteiger partial charge in [0.1, 0.15) is 5.15 Å². The molecule has 4 heteroatoms. The van der Waals surface area contributed by atoms with Crippen LogP contribution in [0.15, 0.2) is 6.20 Å². The Balaban J connectivity index is 2.15. The third-order valence-corrected chi connectivity index (χ3v) is 3.79. The largest absolute Gasteiger partial charge is 0.393 e. The smallest absolute Gasteiger partial charge is 0.130 e. The fraction of sp³-hybridized carbons (Fsp3) is 0.750. The third kappa shape index (κ3) is 2.25. The Labute approximate surface area is 101 Å². The van der Waals surface area contributed by atoms with E-state index in [0.717, 1.165) is 36.4 Å². The first kappa shape index (κ1) is 11.9. The van der Waals surface area contributed by atoms with Crippen molar-refractivity contribution in [1.29, 1.82) is 0 Å². The molecule has 0 bridgehead atoms. The summed E-state index contributed by atoms with van der Waals surface area (Å²) in [5.41, 5.74) is 1.12. The average molecular weight is 243 g/mol. The molecule has 1 heterocycles. The van der Waals surface area contributed by atoms with Crippen molar-refractivity contribution in [2.24, 2.45) is 0 Å². The molecule has 3 nitrogen and oxygen atoms in total. The lowest BCUT2D eigenvalue weighted by atomic mass is 9.93. The molecule has 1 aromatic rings. The molecule has 0 saturated heterocycles. The normalized spacial score (nSPS) is 26.3. The molecule has 0 spiro atoms. The van der Waals surface area contributed by atoms with Crippen LogP contribution in [0, 0.1) is 0 Å². The first-order valence-electron chi connectivity index (χ1n) is 6.00. The van der Waals surface area contributed by atoms with Crippen LogP contribution in [0.5, 0.6) is 0 Å². The van der Waals surface area contributed by atoms with Crippen LogP contribution in [-0.4, -0.2) is 21.0 Å². The summed E-state index contributed by atoms with van der Waals surface area (Å²) in [5, 5.41) is 14.6. The van der Waals surface area contributed by atoms with Crippen molar-refractivity contribution in [3.8, 4) is 0 Å². The standard InChI is InChI=1S/C12H19ClN2O/c1-8(2)11-7-14-15(12(11)13)9-3-5-10(16)6-4-9/h7-10,16H,3-6H2,1-2H3. The molecule has 1 aliphatic carbocycles. The summed E-state index contributed by atoms with van der Waals surface area (Å²) in [6, 6.07) is 0.364. The van der Waals surface area contributed by atoms with Gasteiger partial charge < -0.3 is 5.11 Å². The van der Waals surface area contributed by atoms with E-state index in [1.54, 1.807) is 0 Å². The maximum atomic E-state index is 9.47. The van der Waals surface area contributed by atoms with Crippen LogP contribution in [-0.2, 0) is 0 Å². The maximum absolute atomic E-state index is 9.47. The van der Waals surface area contributed by atoms with Crippen molar-refractivity contribution in [1.82, 2.24) is 9.78 Å². The van der Waals surface area contributed by atoms with E-state index >= 15 is 0 Å². The topological polar surface area (TPSA) is 38.0 Å². The highest BCUT2D eigenvalue weighted by Crippen LogP contribution is 2.33. The summed E-state index contributed by atoms with van der Waals surface area (Å²) in [6.45, 7) is 4.25. The molecule has 0 aromatic carbocycles. The molecule has 1 aliphatic rings. The van der Waals surface area contributed by atoms with E-state index in [1.807, 2.05) is 10.9 Å². The van der Waals surface area contributed by atoms with Gasteiger partial charge in [0.05, 0.1) is 18.3 Å². The Kier molecular flexibility index (Phi) is 3.55. The Hall–Kier alpha value is -0.540. The number of halogens is 1. The van der Waals surface area contributed by atoms with Gasteiger partial charge in [-0.2, -0.15) is 5.10 Å². The summed E-state index contributed by atoms with van der Waals surface area (Å²) < 4.78 is 1.93. The van der Waals surface area contributed by atoms with Gasteiger partial charge in [-0.15, -0.1) is 0 Å². The van der Waals surface area contributed by atoms with Crippen molar-refractivity contribution < 1.29 is 5.11 Å². The third-order valence-electron chi connectivity index (χ3n) is 3.39. The summed E-state index contributed by atoms with van der Waals surface area (Å²) in [4.78, 5) is 0. The van der Waals surface area contributed by atoms with E-state index in [-0.39, 0.29) is 6.10 Å². The fourth-order valence-electron chi connectivity index (χ4n) is 2.31. The predicted octanol–water partition coefficient (Wildman–Crippen LogP) is 3.14. The minimum Gasteiger partial charge on any atom is -0.393 e. The average Bonchev–Trinajstić information content (AvgIpc) is 2.61. The molecular weight excluding hydrogens is 224 g/mol. The SMILES string of the molecule is CC(C)c1cnn(C2CCC(O)CC2)c1Cl. The van der Waals surface area contributed by atoms with Crippen molar-refractivity contribution in [2.45, 2.75) is 57.6 Å². The van der Waals surface area contributed by atoms with Crippen LogP contribution in [0.4, 0.5) is 0 Å². The second-order valence-electron chi connectivity index (χ2n) is 4.95. The molecule has 0 amide bonds. The zero-order valence-electron chi connectivity index (χ0n) is 9.86. The van der Waals surface area contributed by atoms with E-state index < -0.39 is 0 Å². The van der Waals surface area contributed by atoms with Crippen LogP contribution < -0.4 is 0 Å². The minimum absolute atomic E-state index is 0.129. The predicted molar refractivity (Wildman–Crippen MR) is 64.8 cm³/mol. The van der Waals surface area contributed by atoms with E-state index in [1.165, 1.54) is 0 Å². The zero-order chi connectivity index (χ0) is 11.7. The molecule has 0 atom stereocenters. The highest BCUT2D eigenvalue weighted by molar-refractivity contribution is 6.30. The number of hydrogen-bond donors (Lipinski definition) is 1. The molecule has 0 radical (unpaired) electrons. The number of hydrogen-bond acceptors (Lipinski definition) is 2. The zero-order valence-corrected chi connectivity index (χ0v) is 10.6. The molecule has 16 heavy (non-hydrogen) atoms. The number of aromatic nitrogens is 2. The monoisotopic (exact) mass is 242 g/mol. The lowest BCUT2D eigenvalue weighted by molar-refractivity contribution is 0.108. The van der Waals surface area contributed by atoms with Gasteiger partial charge in [0.25, 0.3) is 0 Å². The van der Waals surface area contributed by atoms with Crippen LogP contribution >= 0.6 is 11.6 Å². The quantitative estimate of drug-likeness (QED) is 0.865. The Morgan fingerprint density at radius 1 is 1.38 bits per heavy atom. The van der Waals surface area contributed by atoms with Crippen molar-refractivity contribution in [3.63, 3.8) is 0 Å². The van der Waals surface area contributed by atoms with Gasteiger partial charge >= 0.3 is 0 Å². The molecular formula is C12H19ClN2O. The molecule has 1 N–H and O–H groups in total. The van der Waals surface area contributed by atoms with Crippen molar-refractivity contribution >= 4 is 11.6 Å². The number of aliphatic hydroxyl groups is 1. The molecule has 0 aliphatic heterocycles. The minimum atomic E-state index is -0.129. The molecule has 0 unspecified atom stereocenters. The summed E-state index contributed by atoms with van der Waals surface area (Å²) in [5.74, 6) is 0.412. The Morgan fingerprint density at radius 2 is 2.00 bits per heavy atom. The van der Waals surface area contributed by atoms with Crippen LogP contribution in [0.25, 0.3) is 0 Å². The van der Waals surface area contributed by atoms with Crippen molar-refractivity contribution in [2.75, 3.05) is 0 Å². The van der Waals surface area contributed by atoms with Gasteiger partial charge in [-0.1, -0.05) is 25.4 Å². The maximum Gasteiger partial charge on any atom is 0.130 e. The molecule has 1 fully saturated rings. The van der Waals surface area contributed by atoms with Gasteiger partial charge in [0.2, 0.25) is 0 Å². The van der Waals surface area contributed by atoms with E-state index in [4.69, 9.17) is 11.6 Å². The lowest BCUT2D eigenvalue weighted by Crippen LogP contribution is -2.21. The van der Waals surface area contributed by atoms with E-state index in [2.05, 4.69) is 18.9 Å². The van der Waals surface area contributed by atoms with Crippen molar-refractivity contribution in [3.05, 3.63) is 16.9 Å². The molecule has 2 rings (SSSR count). The van der Waals surface area contributed by atoms with Crippen LogP contribution in [0.3, 0.4) is 0 Å². The number of rotatable bonds is 2. The first-order chi connectivity index (χ1) is 7.59. The van der Waals surface area contributed by atoms with Gasteiger partial charge in [-0.05, 0) is 31.6 Å². The summed E-state index contributed by atoms with van der Waals surface area (Å²) >= 11 is 6.33. The van der Waals surface area contributed by atoms with Crippen LogP contribution in [0.1, 0.15) is 57.1 Å². The second kappa shape index (κ2) is 4.76. The highest BCUT2D eigenvalue weighted by Gasteiger charge is 2.24. The second-order valence-corrected chi connectivity index (χ2v) is 5.31. The molecule has 1 saturated carbocycles. The highest BCUT2D eigenvalue weighted by atomic mass is 35.5. The first-order valence-corrected chi connectivity index (χ1v) is 6.38. The summed E-state index contributed by atoms with van der Waals surface area (Å²) in [6.07, 6.45) is 5.41. The fourth-order valence-corrected chi connectivity index (χ4v) is 2.75. The van der Waals surface area contributed by atoms with Gasteiger partial charge in [0.15, 0.2) is 0 Å². The molecule has 1 aromatic heterocycles. The van der Waals surface area contributed by atoms with Crippen LogP contribution in [0.2, 0.25) is 5.15 Å². The Morgan fingerprint density at radius 3 is 2.50 bits per heavy atom. The molecule has 90 valence electrons. The van der Waals surface area contributed by atoms with E-state index in [0.29, 0.717) is 12.0 Å². The van der Waals surface area contributed by atoms with Gasteiger partial charge in [-0.25, -0.2) is 0 Å².